The molecule has 88 valence electrons. The van der Waals surface area contributed by atoms with Gasteiger partial charge in [-0.15, -0.1) is 0 Å². The van der Waals surface area contributed by atoms with Crippen LogP contribution in [0.3, 0.4) is 0 Å². The van der Waals surface area contributed by atoms with Crippen LogP contribution in [0.5, 0.6) is 5.75 Å². The summed E-state index contributed by atoms with van der Waals surface area (Å²) in [4.78, 5) is 0. The maximum absolute atomic E-state index is 5.48. The lowest BCUT2D eigenvalue weighted by atomic mass is 9.81. The number of benzene rings is 1. The Morgan fingerprint density at radius 1 is 1.38 bits per heavy atom. The molecule has 0 heterocycles. The van der Waals surface area contributed by atoms with E-state index < -0.39 is 0 Å². The highest BCUT2D eigenvalue weighted by atomic mass is 16.5. The quantitative estimate of drug-likeness (QED) is 0.835. The molecule has 2 nitrogen and oxygen atoms in total. The summed E-state index contributed by atoms with van der Waals surface area (Å²) in [7, 11) is 0. The number of ether oxygens (including phenoxy) is 1. The van der Waals surface area contributed by atoms with Crippen LogP contribution in [-0.2, 0) is 0 Å². The van der Waals surface area contributed by atoms with Gasteiger partial charge in [0, 0.05) is 11.7 Å². The second kappa shape index (κ2) is 4.77. The largest absolute Gasteiger partial charge is 0.494 e. The highest BCUT2D eigenvalue weighted by Crippen LogP contribution is 2.31. The SMILES string of the molecule is CCOc1ccc(NC2CC(C)C2)c(C)c1. The molecule has 16 heavy (non-hydrogen) atoms. The fourth-order valence-corrected chi connectivity index (χ4v) is 2.29. The van der Waals surface area contributed by atoms with Crippen molar-refractivity contribution in [2.24, 2.45) is 5.92 Å². The molecule has 1 N–H and O–H groups in total. The minimum absolute atomic E-state index is 0.673. The van der Waals surface area contributed by atoms with Crippen LogP contribution in [-0.4, -0.2) is 12.6 Å². The predicted octanol–water partition coefficient (Wildman–Crippen LogP) is 3.60. The van der Waals surface area contributed by atoms with Crippen LogP contribution in [0, 0.1) is 12.8 Å². The molecule has 0 aliphatic heterocycles. The van der Waals surface area contributed by atoms with Gasteiger partial charge in [-0.25, -0.2) is 0 Å². The smallest absolute Gasteiger partial charge is 0.119 e. The third-order valence-corrected chi connectivity index (χ3v) is 3.24. The average Bonchev–Trinajstić information content (AvgIpc) is 2.20. The molecular weight excluding hydrogens is 198 g/mol. The summed E-state index contributed by atoms with van der Waals surface area (Å²) in [5, 5.41) is 3.59. The normalized spacial score (nSPS) is 23.7. The van der Waals surface area contributed by atoms with Crippen molar-refractivity contribution in [2.75, 3.05) is 11.9 Å². The molecule has 1 aliphatic rings. The molecule has 0 aromatic heterocycles. The number of aryl methyl sites for hydroxylation is 1. The summed E-state index contributed by atoms with van der Waals surface area (Å²) in [6.07, 6.45) is 2.60. The molecule has 0 unspecified atom stereocenters. The highest BCUT2D eigenvalue weighted by Gasteiger charge is 2.25. The predicted molar refractivity (Wildman–Crippen MR) is 68.2 cm³/mol. The van der Waals surface area contributed by atoms with E-state index in [4.69, 9.17) is 4.74 Å². The molecule has 2 rings (SSSR count). The summed E-state index contributed by atoms with van der Waals surface area (Å²) >= 11 is 0. The molecule has 0 amide bonds. The first-order valence-electron chi connectivity index (χ1n) is 6.19. The molecule has 1 saturated carbocycles. The Bertz CT molecular complexity index is 356. The van der Waals surface area contributed by atoms with Gasteiger partial charge in [-0.3, -0.25) is 0 Å². The number of hydrogen-bond donors (Lipinski definition) is 1. The molecule has 1 aromatic rings. The highest BCUT2D eigenvalue weighted by molar-refractivity contribution is 5.54. The van der Waals surface area contributed by atoms with Gasteiger partial charge < -0.3 is 10.1 Å². The van der Waals surface area contributed by atoms with Crippen LogP contribution in [0.1, 0.15) is 32.3 Å². The maximum atomic E-state index is 5.48. The molecule has 1 aromatic carbocycles. The first-order chi connectivity index (χ1) is 7.69. The maximum Gasteiger partial charge on any atom is 0.119 e. The molecule has 0 bridgehead atoms. The van der Waals surface area contributed by atoms with Crippen LogP contribution < -0.4 is 10.1 Å². The summed E-state index contributed by atoms with van der Waals surface area (Å²) in [6, 6.07) is 6.95. The topological polar surface area (TPSA) is 21.3 Å². The molecule has 0 radical (unpaired) electrons. The van der Waals surface area contributed by atoms with Crippen molar-refractivity contribution < 1.29 is 4.74 Å². The lowest BCUT2D eigenvalue weighted by molar-refractivity contribution is 0.309. The Balaban J connectivity index is 1.99. The van der Waals surface area contributed by atoms with Crippen LogP contribution in [0.4, 0.5) is 5.69 Å². The monoisotopic (exact) mass is 219 g/mol. The Hall–Kier alpha value is -1.18. The van der Waals surface area contributed by atoms with Crippen molar-refractivity contribution in [3.63, 3.8) is 0 Å². The Morgan fingerprint density at radius 2 is 2.12 bits per heavy atom. The van der Waals surface area contributed by atoms with E-state index >= 15 is 0 Å². The van der Waals surface area contributed by atoms with Crippen molar-refractivity contribution in [3.05, 3.63) is 23.8 Å². The number of hydrogen-bond acceptors (Lipinski definition) is 2. The third-order valence-electron chi connectivity index (χ3n) is 3.24. The summed E-state index contributed by atoms with van der Waals surface area (Å²) in [5.74, 6) is 1.85. The van der Waals surface area contributed by atoms with Gasteiger partial charge in [-0.05, 0) is 56.4 Å². The zero-order chi connectivity index (χ0) is 11.5. The van der Waals surface area contributed by atoms with E-state index in [0.717, 1.165) is 18.3 Å². The minimum atomic E-state index is 0.673. The summed E-state index contributed by atoms with van der Waals surface area (Å²) in [6.45, 7) is 7.18. The lowest BCUT2D eigenvalue weighted by Gasteiger charge is -2.34. The molecular formula is C14H21NO. The van der Waals surface area contributed by atoms with Gasteiger partial charge in [0.25, 0.3) is 0 Å². The number of rotatable bonds is 4. The first-order valence-corrected chi connectivity index (χ1v) is 6.19. The Kier molecular flexibility index (Phi) is 3.37. The second-order valence-corrected chi connectivity index (χ2v) is 4.83. The van der Waals surface area contributed by atoms with E-state index in [0.29, 0.717) is 6.04 Å². The standard InChI is InChI=1S/C14H21NO/c1-4-16-13-5-6-14(11(3)9-13)15-12-7-10(2)8-12/h5-6,9-10,12,15H,4,7-8H2,1-3H3. The zero-order valence-electron chi connectivity index (χ0n) is 10.4. The van der Waals surface area contributed by atoms with Gasteiger partial charge >= 0.3 is 0 Å². The van der Waals surface area contributed by atoms with Gasteiger partial charge in [0.2, 0.25) is 0 Å². The number of anilines is 1. The van der Waals surface area contributed by atoms with E-state index in [1.54, 1.807) is 0 Å². The Morgan fingerprint density at radius 3 is 2.69 bits per heavy atom. The van der Waals surface area contributed by atoms with Crippen molar-refractivity contribution in [2.45, 2.75) is 39.7 Å². The van der Waals surface area contributed by atoms with Crippen LogP contribution in [0.2, 0.25) is 0 Å². The fourth-order valence-electron chi connectivity index (χ4n) is 2.29. The van der Waals surface area contributed by atoms with Crippen LogP contribution >= 0.6 is 0 Å². The van der Waals surface area contributed by atoms with Crippen molar-refractivity contribution in [1.82, 2.24) is 0 Å². The third kappa shape index (κ3) is 2.49. The van der Waals surface area contributed by atoms with E-state index in [9.17, 15) is 0 Å². The Labute approximate surface area is 98.0 Å². The molecule has 0 atom stereocenters. The first kappa shape index (κ1) is 11.3. The summed E-state index contributed by atoms with van der Waals surface area (Å²) in [5.41, 5.74) is 2.52. The summed E-state index contributed by atoms with van der Waals surface area (Å²) < 4.78 is 5.48. The van der Waals surface area contributed by atoms with Gasteiger partial charge in [-0.1, -0.05) is 6.92 Å². The molecule has 1 fully saturated rings. The van der Waals surface area contributed by atoms with E-state index in [1.165, 1.54) is 24.1 Å². The molecule has 1 aliphatic carbocycles. The van der Waals surface area contributed by atoms with Gasteiger partial charge in [0.1, 0.15) is 5.75 Å². The lowest BCUT2D eigenvalue weighted by Crippen LogP contribution is -2.33. The van der Waals surface area contributed by atoms with E-state index in [-0.39, 0.29) is 0 Å². The van der Waals surface area contributed by atoms with Gasteiger partial charge in [-0.2, -0.15) is 0 Å². The zero-order valence-corrected chi connectivity index (χ0v) is 10.4. The fraction of sp³-hybridized carbons (Fsp3) is 0.571. The molecule has 2 heteroatoms. The van der Waals surface area contributed by atoms with Crippen molar-refractivity contribution >= 4 is 5.69 Å². The van der Waals surface area contributed by atoms with E-state index in [2.05, 4.69) is 31.3 Å². The van der Waals surface area contributed by atoms with Gasteiger partial charge in [0.15, 0.2) is 0 Å². The second-order valence-electron chi connectivity index (χ2n) is 4.83. The minimum Gasteiger partial charge on any atom is -0.494 e. The van der Waals surface area contributed by atoms with Gasteiger partial charge in [0.05, 0.1) is 6.61 Å². The van der Waals surface area contributed by atoms with Crippen molar-refractivity contribution in [3.8, 4) is 5.75 Å². The average molecular weight is 219 g/mol. The molecule has 0 spiro atoms. The number of nitrogens with one attached hydrogen (secondary N) is 1. The molecule has 0 saturated heterocycles. The van der Waals surface area contributed by atoms with Crippen molar-refractivity contribution in [1.29, 1.82) is 0 Å². The van der Waals surface area contributed by atoms with E-state index in [1.807, 2.05) is 13.0 Å². The van der Waals surface area contributed by atoms with Crippen LogP contribution in [0.15, 0.2) is 18.2 Å². The van der Waals surface area contributed by atoms with Crippen LogP contribution in [0.25, 0.3) is 0 Å².